The van der Waals surface area contributed by atoms with Gasteiger partial charge in [-0.2, -0.15) is 0 Å². The van der Waals surface area contributed by atoms with Gasteiger partial charge in [-0.3, -0.25) is 20.2 Å². The highest BCUT2D eigenvalue weighted by Gasteiger charge is 2.19. The van der Waals surface area contributed by atoms with Gasteiger partial charge in [0.25, 0.3) is 11.6 Å². The second-order valence-electron chi connectivity index (χ2n) is 5.95. The monoisotopic (exact) mass is 444 g/mol. The van der Waals surface area contributed by atoms with Gasteiger partial charge in [-0.1, -0.05) is 41.7 Å². The Kier molecular flexibility index (Phi) is 7.09. The van der Waals surface area contributed by atoms with Crippen LogP contribution in [-0.4, -0.2) is 34.1 Å². The van der Waals surface area contributed by atoms with Crippen LogP contribution in [0.4, 0.5) is 10.8 Å². The summed E-state index contributed by atoms with van der Waals surface area (Å²) in [4.78, 5) is 34.7. The number of nitro groups is 1. The molecule has 0 atom stereocenters. The van der Waals surface area contributed by atoms with Crippen molar-refractivity contribution in [1.29, 1.82) is 0 Å². The number of amides is 1. The molecular weight excluding hydrogens is 428 g/mol. The van der Waals surface area contributed by atoms with Gasteiger partial charge in [0.05, 0.1) is 17.6 Å². The summed E-state index contributed by atoms with van der Waals surface area (Å²) < 4.78 is 4.58. The maximum absolute atomic E-state index is 12.5. The molecule has 0 aliphatic carbocycles. The van der Waals surface area contributed by atoms with E-state index in [1.165, 1.54) is 23.0 Å². The molecule has 9 nitrogen and oxygen atoms in total. The van der Waals surface area contributed by atoms with Gasteiger partial charge in [0.1, 0.15) is 5.01 Å². The Morgan fingerprint density at radius 3 is 2.57 bits per heavy atom. The van der Waals surface area contributed by atoms with Gasteiger partial charge in [0.15, 0.2) is 0 Å². The topological polar surface area (TPSA) is 124 Å². The summed E-state index contributed by atoms with van der Waals surface area (Å²) in [5, 5.41) is 22.6. The van der Waals surface area contributed by atoms with Gasteiger partial charge >= 0.3 is 5.97 Å². The van der Waals surface area contributed by atoms with Crippen LogP contribution in [0.3, 0.4) is 0 Å². The average molecular weight is 444 g/mol. The van der Waals surface area contributed by atoms with E-state index >= 15 is 0 Å². The fourth-order valence-corrected chi connectivity index (χ4v) is 4.22. The Bertz CT molecular complexity index is 1070. The Balaban J connectivity index is 1.65. The molecule has 0 fully saturated rings. The molecule has 154 valence electrons. The van der Waals surface area contributed by atoms with Crippen LogP contribution in [-0.2, 0) is 16.2 Å². The van der Waals surface area contributed by atoms with Crippen LogP contribution in [0.25, 0.3) is 0 Å². The fourth-order valence-electron chi connectivity index (χ4n) is 2.45. The van der Waals surface area contributed by atoms with Crippen molar-refractivity contribution >= 4 is 45.8 Å². The first kappa shape index (κ1) is 21.4. The Morgan fingerprint density at radius 2 is 1.87 bits per heavy atom. The highest BCUT2D eigenvalue weighted by Crippen LogP contribution is 2.24. The summed E-state index contributed by atoms with van der Waals surface area (Å²) in [6.07, 6.45) is 0. The number of rotatable bonds is 8. The van der Waals surface area contributed by atoms with Crippen LogP contribution in [0, 0.1) is 10.1 Å². The summed E-state index contributed by atoms with van der Waals surface area (Å²) in [6, 6.07) is 13.4. The highest BCUT2D eigenvalue weighted by molar-refractivity contribution is 7.97. The molecule has 1 aromatic heterocycles. The number of hydrogen-bond acceptors (Lipinski definition) is 9. The number of nitrogens with zero attached hydrogens (tertiary/aromatic N) is 3. The summed E-state index contributed by atoms with van der Waals surface area (Å²) >= 11 is 2.89. The van der Waals surface area contributed by atoms with Gasteiger partial charge in [0.2, 0.25) is 5.13 Å². The number of non-ortho nitro benzene ring substituents is 1. The molecule has 1 N–H and O–H groups in total. The lowest BCUT2D eigenvalue weighted by Crippen LogP contribution is -2.14. The minimum absolute atomic E-state index is 0.0557. The van der Waals surface area contributed by atoms with Crippen LogP contribution in [0.15, 0.2) is 48.5 Å². The molecular formula is C19H16N4O5S2. The summed E-state index contributed by atoms with van der Waals surface area (Å²) in [7, 11) is 1.15. The summed E-state index contributed by atoms with van der Waals surface area (Å²) in [5.74, 6) is 0.0440. The molecule has 3 rings (SSSR count). The fraction of sp³-hybridized carbons (Fsp3) is 0.158. The van der Waals surface area contributed by atoms with Crippen LogP contribution in [0.5, 0.6) is 0 Å². The number of nitro benzene ring substituents is 1. The van der Waals surface area contributed by atoms with Crippen LogP contribution < -0.4 is 5.32 Å². The lowest BCUT2D eigenvalue weighted by molar-refractivity contribution is -0.384. The van der Waals surface area contributed by atoms with Gasteiger partial charge in [-0.05, 0) is 11.6 Å². The molecule has 0 radical (unpaired) electrons. The number of carbonyl (C=O) groups is 2. The number of nitrogens with one attached hydrogen (secondary N) is 1. The number of thioether (sulfide) groups is 1. The van der Waals surface area contributed by atoms with Crippen molar-refractivity contribution in [2.24, 2.45) is 0 Å². The molecule has 11 heteroatoms. The smallest absolute Gasteiger partial charge is 0.338 e. The number of carbonyl (C=O) groups excluding carboxylic acids is 2. The van der Waals surface area contributed by atoms with Crippen molar-refractivity contribution in [2.45, 2.75) is 11.5 Å². The van der Waals surface area contributed by atoms with Crippen molar-refractivity contribution in [3.05, 3.63) is 80.3 Å². The maximum Gasteiger partial charge on any atom is 0.338 e. The van der Waals surface area contributed by atoms with Crippen molar-refractivity contribution in [3.63, 3.8) is 0 Å². The SMILES string of the molecule is COC(=O)c1cc(C(=O)Nc2nnc(CSCc3ccccc3)s2)cc([N+](=O)[O-])c1. The van der Waals surface area contributed by atoms with Crippen LogP contribution in [0.1, 0.15) is 31.3 Å². The number of anilines is 1. The lowest BCUT2D eigenvalue weighted by Gasteiger charge is -2.04. The number of hydrogen-bond donors (Lipinski definition) is 1. The third-order valence-corrected chi connectivity index (χ3v) is 5.87. The van der Waals surface area contributed by atoms with E-state index in [0.29, 0.717) is 5.75 Å². The molecule has 0 saturated carbocycles. The quantitative estimate of drug-likeness (QED) is 0.315. The normalized spacial score (nSPS) is 10.4. The van der Waals surface area contributed by atoms with Crippen LogP contribution >= 0.6 is 23.1 Å². The second-order valence-corrected chi connectivity index (χ2v) is 8.00. The predicted molar refractivity (Wildman–Crippen MR) is 114 cm³/mol. The highest BCUT2D eigenvalue weighted by atomic mass is 32.2. The zero-order valence-corrected chi connectivity index (χ0v) is 17.4. The zero-order chi connectivity index (χ0) is 21.5. The molecule has 3 aromatic rings. The predicted octanol–water partition coefficient (Wildman–Crippen LogP) is 3.92. The third-order valence-electron chi connectivity index (χ3n) is 3.84. The van der Waals surface area contributed by atoms with Crippen molar-refractivity contribution in [1.82, 2.24) is 10.2 Å². The van der Waals surface area contributed by atoms with Gasteiger partial charge in [0, 0.05) is 29.2 Å². The number of benzene rings is 2. The molecule has 0 spiro atoms. The minimum Gasteiger partial charge on any atom is -0.465 e. The first-order valence-electron chi connectivity index (χ1n) is 8.59. The molecule has 1 heterocycles. The lowest BCUT2D eigenvalue weighted by atomic mass is 10.1. The van der Waals surface area contributed by atoms with Gasteiger partial charge in [-0.25, -0.2) is 4.79 Å². The zero-order valence-electron chi connectivity index (χ0n) is 15.7. The van der Waals surface area contributed by atoms with E-state index < -0.39 is 22.5 Å². The van der Waals surface area contributed by atoms with Crippen molar-refractivity contribution in [2.75, 3.05) is 12.4 Å². The van der Waals surface area contributed by atoms with E-state index in [-0.39, 0.29) is 16.3 Å². The number of esters is 1. The van der Waals surface area contributed by atoms with Crippen molar-refractivity contribution in [3.8, 4) is 0 Å². The van der Waals surface area contributed by atoms with Crippen LogP contribution in [0.2, 0.25) is 0 Å². The second kappa shape index (κ2) is 9.94. The molecule has 0 bridgehead atoms. The van der Waals surface area contributed by atoms with Crippen molar-refractivity contribution < 1.29 is 19.2 Å². The van der Waals surface area contributed by atoms with E-state index in [0.717, 1.165) is 30.0 Å². The first-order chi connectivity index (χ1) is 14.5. The first-order valence-corrected chi connectivity index (χ1v) is 10.6. The number of aromatic nitrogens is 2. The summed E-state index contributed by atoms with van der Waals surface area (Å²) in [6.45, 7) is 0. The van der Waals surface area contributed by atoms with E-state index in [1.807, 2.05) is 30.3 Å². The average Bonchev–Trinajstić information content (AvgIpc) is 3.20. The van der Waals surface area contributed by atoms with E-state index in [9.17, 15) is 19.7 Å². The van der Waals surface area contributed by atoms with Gasteiger partial charge < -0.3 is 4.74 Å². The molecule has 2 aromatic carbocycles. The molecule has 0 saturated heterocycles. The summed E-state index contributed by atoms with van der Waals surface area (Å²) in [5.41, 5.74) is 0.665. The minimum atomic E-state index is -0.776. The number of ether oxygens (including phenoxy) is 1. The maximum atomic E-state index is 12.5. The molecule has 1 amide bonds. The molecule has 0 aliphatic heterocycles. The largest absolute Gasteiger partial charge is 0.465 e. The van der Waals surface area contributed by atoms with E-state index in [2.05, 4.69) is 20.3 Å². The number of methoxy groups -OCH3 is 1. The third kappa shape index (κ3) is 5.61. The Morgan fingerprint density at radius 1 is 1.13 bits per heavy atom. The standard InChI is InChI=1S/C19H16N4O5S2/c1-28-18(25)14-7-13(8-15(9-14)23(26)27)17(24)20-19-22-21-16(30-19)11-29-10-12-5-3-2-4-6-12/h2-9H,10-11H2,1H3,(H,20,22,24). The van der Waals surface area contributed by atoms with E-state index in [4.69, 9.17) is 0 Å². The molecule has 30 heavy (non-hydrogen) atoms. The Hall–Kier alpha value is -3.31. The van der Waals surface area contributed by atoms with Gasteiger partial charge in [-0.15, -0.1) is 22.0 Å². The molecule has 0 aliphatic rings. The molecule has 0 unspecified atom stereocenters. The Labute approximate surface area is 179 Å². The van der Waals surface area contributed by atoms with E-state index in [1.54, 1.807) is 11.8 Å².